The maximum Gasteiger partial charge on any atom is 0.249 e. The lowest BCUT2D eigenvalue weighted by molar-refractivity contribution is 0.174. The SMILES string of the molecule is N#Cc1cccc(Nc2cnnc(Nc3ccc4c(c3)OCO4)n2)c1. The Balaban J connectivity index is 1.52. The van der Waals surface area contributed by atoms with E-state index in [9.17, 15) is 0 Å². The van der Waals surface area contributed by atoms with Gasteiger partial charge < -0.3 is 20.1 Å². The van der Waals surface area contributed by atoms with Crippen LogP contribution < -0.4 is 20.1 Å². The summed E-state index contributed by atoms with van der Waals surface area (Å²) in [5.74, 6) is 2.21. The number of nitrogens with zero attached hydrogens (tertiary/aromatic N) is 4. The lowest BCUT2D eigenvalue weighted by Gasteiger charge is -2.08. The third-order valence-corrected chi connectivity index (χ3v) is 3.45. The van der Waals surface area contributed by atoms with E-state index in [1.807, 2.05) is 24.3 Å². The highest BCUT2D eigenvalue weighted by Gasteiger charge is 2.13. The van der Waals surface area contributed by atoms with E-state index in [1.54, 1.807) is 18.2 Å². The summed E-state index contributed by atoms with van der Waals surface area (Å²) in [4.78, 5) is 4.36. The maximum absolute atomic E-state index is 8.96. The van der Waals surface area contributed by atoms with Crippen molar-refractivity contribution in [2.75, 3.05) is 17.4 Å². The predicted molar refractivity (Wildman–Crippen MR) is 90.1 cm³/mol. The second-order valence-electron chi connectivity index (χ2n) is 5.18. The van der Waals surface area contributed by atoms with Crippen LogP contribution in [-0.4, -0.2) is 22.0 Å². The average Bonchev–Trinajstić information content (AvgIpc) is 3.10. The molecule has 3 aromatic rings. The minimum Gasteiger partial charge on any atom is -0.454 e. The molecule has 8 nitrogen and oxygen atoms in total. The first kappa shape index (κ1) is 14.7. The quantitative estimate of drug-likeness (QED) is 0.751. The summed E-state index contributed by atoms with van der Waals surface area (Å²) in [6.45, 7) is 0.220. The number of benzene rings is 2. The molecule has 0 amide bonds. The van der Waals surface area contributed by atoms with Gasteiger partial charge in [0.2, 0.25) is 12.7 Å². The van der Waals surface area contributed by atoms with Crippen LogP contribution in [0.15, 0.2) is 48.7 Å². The van der Waals surface area contributed by atoms with E-state index < -0.39 is 0 Å². The molecule has 8 heteroatoms. The van der Waals surface area contributed by atoms with Crippen molar-refractivity contribution in [3.8, 4) is 17.6 Å². The van der Waals surface area contributed by atoms with Gasteiger partial charge in [0.25, 0.3) is 0 Å². The molecule has 0 fully saturated rings. The molecule has 0 spiro atoms. The summed E-state index contributed by atoms with van der Waals surface area (Å²) in [6.07, 6.45) is 1.50. The number of nitrogens with one attached hydrogen (secondary N) is 2. The van der Waals surface area contributed by atoms with Gasteiger partial charge in [-0.2, -0.15) is 15.3 Å². The van der Waals surface area contributed by atoms with Gasteiger partial charge in [0.15, 0.2) is 17.3 Å². The van der Waals surface area contributed by atoms with Crippen LogP contribution in [0.1, 0.15) is 5.56 Å². The summed E-state index contributed by atoms with van der Waals surface area (Å²) in [5, 5.41) is 23.0. The Kier molecular flexibility index (Phi) is 3.73. The van der Waals surface area contributed by atoms with Gasteiger partial charge in [-0.05, 0) is 30.3 Å². The molecule has 0 bridgehead atoms. The monoisotopic (exact) mass is 332 g/mol. The smallest absolute Gasteiger partial charge is 0.249 e. The molecule has 25 heavy (non-hydrogen) atoms. The van der Waals surface area contributed by atoms with Gasteiger partial charge in [-0.1, -0.05) is 6.07 Å². The van der Waals surface area contributed by atoms with Crippen LogP contribution >= 0.6 is 0 Å². The molecular formula is C17H12N6O2. The summed E-state index contributed by atoms with van der Waals surface area (Å²) in [7, 11) is 0. The predicted octanol–water partition coefficient (Wildman–Crippen LogP) is 2.96. The number of fused-ring (bicyclic) bond motifs is 1. The Hall–Kier alpha value is -3.86. The molecule has 1 aliphatic rings. The number of anilines is 4. The second-order valence-corrected chi connectivity index (χ2v) is 5.18. The molecule has 2 heterocycles. The Labute approximate surface area is 143 Å². The summed E-state index contributed by atoms with van der Waals surface area (Å²) in [5.41, 5.74) is 2.06. The first-order valence-corrected chi connectivity index (χ1v) is 7.44. The summed E-state index contributed by atoms with van der Waals surface area (Å²) in [6, 6.07) is 14.7. The van der Waals surface area contributed by atoms with E-state index in [0.717, 1.165) is 11.4 Å². The highest BCUT2D eigenvalue weighted by atomic mass is 16.7. The Morgan fingerprint density at radius 1 is 1.00 bits per heavy atom. The number of nitriles is 1. The fraction of sp³-hybridized carbons (Fsp3) is 0.0588. The van der Waals surface area contributed by atoms with E-state index in [1.165, 1.54) is 6.20 Å². The van der Waals surface area contributed by atoms with Gasteiger partial charge in [0.1, 0.15) is 0 Å². The molecule has 0 atom stereocenters. The van der Waals surface area contributed by atoms with E-state index in [-0.39, 0.29) is 6.79 Å². The Morgan fingerprint density at radius 2 is 1.88 bits per heavy atom. The molecule has 1 aromatic heterocycles. The zero-order chi connectivity index (χ0) is 17.1. The Bertz CT molecular complexity index is 969. The van der Waals surface area contributed by atoms with Gasteiger partial charge >= 0.3 is 0 Å². The topological polar surface area (TPSA) is 105 Å². The van der Waals surface area contributed by atoms with Crippen molar-refractivity contribution in [2.45, 2.75) is 0 Å². The van der Waals surface area contributed by atoms with E-state index in [2.05, 4.69) is 31.9 Å². The molecule has 0 saturated heterocycles. The van der Waals surface area contributed by atoms with Crippen molar-refractivity contribution >= 4 is 23.1 Å². The van der Waals surface area contributed by atoms with Crippen molar-refractivity contribution in [3.05, 3.63) is 54.2 Å². The Morgan fingerprint density at radius 3 is 2.80 bits per heavy atom. The molecule has 0 saturated carbocycles. The number of ether oxygens (including phenoxy) is 2. The first-order chi connectivity index (χ1) is 12.3. The van der Waals surface area contributed by atoms with Crippen molar-refractivity contribution in [1.82, 2.24) is 15.2 Å². The van der Waals surface area contributed by atoms with Crippen LogP contribution in [0, 0.1) is 11.3 Å². The van der Waals surface area contributed by atoms with E-state index >= 15 is 0 Å². The average molecular weight is 332 g/mol. The van der Waals surface area contributed by atoms with Gasteiger partial charge in [-0.25, -0.2) is 0 Å². The van der Waals surface area contributed by atoms with Gasteiger partial charge in [0.05, 0.1) is 17.8 Å². The van der Waals surface area contributed by atoms with Crippen molar-refractivity contribution in [2.24, 2.45) is 0 Å². The van der Waals surface area contributed by atoms with Gasteiger partial charge in [0, 0.05) is 17.4 Å². The lowest BCUT2D eigenvalue weighted by atomic mass is 10.2. The highest BCUT2D eigenvalue weighted by molar-refractivity contribution is 5.62. The van der Waals surface area contributed by atoms with Crippen LogP contribution in [0.2, 0.25) is 0 Å². The number of rotatable bonds is 4. The second kappa shape index (κ2) is 6.33. The number of aromatic nitrogens is 3. The third kappa shape index (κ3) is 3.25. The molecule has 0 unspecified atom stereocenters. The maximum atomic E-state index is 8.96. The third-order valence-electron chi connectivity index (χ3n) is 3.45. The molecular weight excluding hydrogens is 320 g/mol. The summed E-state index contributed by atoms with van der Waals surface area (Å²) < 4.78 is 10.6. The van der Waals surface area contributed by atoms with Crippen LogP contribution in [-0.2, 0) is 0 Å². The standard InChI is InChI=1S/C17H12N6O2/c18-8-11-2-1-3-12(6-11)20-16-9-19-23-17(22-16)21-13-4-5-14-15(7-13)25-10-24-14/h1-7,9H,10H2,(H2,20,21,22,23). The molecule has 1 aliphatic heterocycles. The largest absolute Gasteiger partial charge is 0.454 e. The van der Waals surface area contributed by atoms with Crippen LogP contribution in [0.5, 0.6) is 11.5 Å². The molecule has 0 radical (unpaired) electrons. The van der Waals surface area contributed by atoms with Gasteiger partial charge in [-0.15, -0.1) is 5.10 Å². The minimum atomic E-state index is 0.220. The fourth-order valence-corrected chi connectivity index (χ4v) is 2.33. The van der Waals surface area contributed by atoms with Crippen molar-refractivity contribution in [3.63, 3.8) is 0 Å². The van der Waals surface area contributed by atoms with Gasteiger partial charge in [-0.3, -0.25) is 0 Å². The highest BCUT2D eigenvalue weighted by Crippen LogP contribution is 2.34. The summed E-state index contributed by atoms with van der Waals surface area (Å²) >= 11 is 0. The normalized spacial score (nSPS) is 11.6. The van der Waals surface area contributed by atoms with Crippen molar-refractivity contribution < 1.29 is 9.47 Å². The fourth-order valence-electron chi connectivity index (χ4n) is 2.33. The number of hydrogen-bond donors (Lipinski definition) is 2. The number of hydrogen-bond acceptors (Lipinski definition) is 8. The van der Waals surface area contributed by atoms with Crippen LogP contribution in [0.3, 0.4) is 0 Å². The van der Waals surface area contributed by atoms with Crippen LogP contribution in [0.4, 0.5) is 23.1 Å². The molecule has 2 aromatic carbocycles. The first-order valence-electron chi connectivity index (χ1n) is 7.44. The van der Waals surface area contributed by atoms with E-state index in [0.29, 0.717) is 28.8 Å². The van der Waals surface area contributed by atoms with E-state index in [4.69, 9.17) is 14.7 Å². The molecule has 0 aliphatic carbocycles. The zero-order valence-electron chi connectivity index (χ0n) is 12.9. The molecule has 4 rings (SSSR count). The lowest BCUT2D eigenvalue weighted by Crippen LogP contribution is -2.02. The zero-order valence-corrected chi connectivity index (χ0v) is 12.9. The molecule has 2 N–H and O–H groups in total. The minimum absolute atomic E-state index is 0.220. The molecule has 122 valence electrons. The van der Waals surface area contributed by atoms with Crippen LogP contribution in [0.25, 0.3) is 0 Å². The van der Waals surface area contributed by atoms with Crippen molar-refractivity contribution in [1.29, 1.82) is 5.26 Å².